The predicted molar refractivity (Wildman–Crippen MR) is 71.3 cm³/mol. The number of nitrogens with two attached hydrogens (primary N) is 1. The van der Waals surface area contributed by atoms with Crippen LogP contribution < -0.4 is 15.8 Å². The van der Waals surface area contributed by atoms with Crippen LogP contribution in [0.4, 0.5) is 5.69 Å². The van der Waals surface area contributed by atoms with Gasteiger partial charge in [0.05, 0.1) is 7.11 Å². The van der Waals surface area contributed by atoms with Crippen LogP contribution >= 0.6 is 0 Å². The molecule has 1 saturated carbocycles. The second kappa shape index (κ2) is 5.17. The summed E-state index contributed by atoms with van der Waals surface area (Å²) in [6.07, 6.45) is 2.10. The molecule has 0 saturated heterocycles. The van der Waals surface area contributed by atoms with Gasteiger partial charge in [-0.25, -0.2) is 0 Å². The molecule has 1 amide bonds. The number of ether oxygens (including phenoxy) is 1. The summed E-state index contributed by atoms with van der Waals surface area (Å²) in [5.74, 6) is 0.455. The van der Waals surface area contributed by atoms with Crippen LogP contribution in [0.25, 0.3) is 0 Å². The van der Waals surface area contributed by atoms with E-state index in [0.717, 1.165) is 6.42 Å². The second-order valence-corrected chi connectivity index (χ2v) is 4.60. The summed E-state index contributed by atoms with van der Waals surface area (Å²) in [5.41, 5.74) is 5.42. The molecule has 102 valence electrons. The quantitative estimate of drug-likeness (QED) is 0.332. The molecule has 19 heavy (non-hydrogen) atoms. The molecule has 0 atom stereocenters. The van der Waals surface area contributed by atoms with Gasteiger partial charge in [0.25, 0.3) is 0 Å². The van der Waals surface area contributed by atoms with Gasteiger partial charge < -0.3 is 21.0 Å². The van der Waals surface area contributed by atoms with Gasteiger partial charge in [-0.05, 0) is 37.1 Å². The summed E-state index contributed by atoms with van der Waals surface area (Å²) in [5, 5.41) is 14.6. The number of nitrogens with zero attached hydrogens (tertiary/aromatic N) is 1. The maximum atomic E-state index is 12.3. The van der Waals surface area contributed by atoms with Crippen LogP contribution in [-0.2, 0) is 4.79 Å². The summed E-state index contributed by atoms with van der Waals surface area (Å²) < 4.78 is 5.04. The van der Waals surface area contributed by atoms with Crippen LogP contribution in [-0.4, -0.2) is 24.1 Å². The minimum Gasteiger partial charge on any atom is -0.497 e. The average Bonchev–Trinajstić information content (AvgIpc) is 2.38. The molecular formula is C13H17N3O3. The number of amides is 1. The van der Waals surface area contributed by atoms with Gasteiger partial charge in [0.15, 0.2) is 5.84 Å². The Balaban J connectivity index is 2.11. The number of methoxy groups -OCH3 is 1. The summed E-state index contributed by atoms with van der Waals surface area (Å²) in [7, 11) is 1.58. The van der Waals surface area contributed by atoms with Crippen molar-refractivity contribution < 1.29 is 14.7 Å². The second-order valence-electron chi connectivity index (χ2n) is 4.60. The van der Waals surface area contributed by atoms with Crippen molar-refractivity contribution in [2.75, 3.05) is 12.4 Å². The van der Waals surface area contributed by atoms with Gasteiger partial charge in [-0.3, -0.25) is 4.79 Å². The van der Waals surface area contributed by atoms with E-state index in [1.165, 1.54) is 0 Å². The molecule has 1 fully saturated rings. The third-order valence-corrected chi connectivity index (χ3v) is 3.59. The standard InChI is InChI=1S/C13H17N3O3/c1-19-10-5-3-9(4-6-10)15-12(17)13(7-2-8-13)11(14)16-18/h3-6,18H,2,7-8H2,1H3,(H2,14,16)(H,15,17). The molecule has 0 radical (unpaired) electrons. The molecule has 0 unspecified atom stereocenters. The van der Waals surface area contributed by atoms with Crippen molar-refractivity contribution in [1.29, 1.82) is 0 Å². The molecule has 0 aromatic heterocycles. The zero-order valence-corrected chi connectivity index (χ0v) is 10.7. The molecule has 1 aromatic rings. The van der Waals surface area contributed by atoms with Gasteiger partial charge in [0.2, 0.25) is 5.91 Å². The van der Waals surface area contributed by atoms with E-state index < -0.39 is 5.41 Å². The van der Waals surface area contributed by atoms with Crippen molar-refractivity contribution in [3.05, 3.63) is 24.3 Å². The van der Waals surface area contributed by atoms with Gasteiger partial charge in [-0.15, -0.1) is 0 Å². The Labute approximate surface area is 111 Å². The van der Waals surface area contributed by atoms with E-state index in [-0.39, 0.29) is 11.7 Å². The van der Waals surface area contributed by atoms with E-state index in [9.17, 15) is 4.79 Å². The lowest BCUT2D eigenvalue weighted by molar-refractivity contribution is -0.125. The Bertz CT molecular complexity index is 492. The smallest absolute Gasteiger partial charge is 0.238 e. The normalized spacial score (nSPS) is 17.4. The first-order chi connectivity index (χ1) is 9.12. The topological polar surface area (TPSA) is 96.9 Å². The molecule has 6 heteroatoms. The highest BCUT2D eigenvalue weighted by Gasteiger charge is 2.48. The Hall–Kier alpha value is -2.24. The van der Waals surface area contributed by atoms with Crippen LogP contribution in [0.1, 0.15) is 19.3 Å². The molecule has 1 aliphatic carbocycles. The zero-order valence-electron chi connectivity index (χ0n) is 10.7. The van der Waals surface area contributed by atoms with Crippen molar-refractivity contribution in [1.82, 2.24) is 0 Å². The molecule has 1 aromatic carbocycles. The lowest BCUT2D eigenvalue weighted by atomic mass is 9.67. The highest BCUT2D eigenvalue weighted by Crippen LogP contribution is 2.42. The summed E-state index contributed by atoms with van der Waals surface area (Å²) in [4.78, 5) is 12.3. The van der Waals surface area contributed by atoms with Crippen molar-refractivity contribution >= 4 is 17.4 Å². The average molecular weight is 263 g/mol. The van der Waals surface area contributed by atoms with Crippen molar-refractivity contribution in [3.63, 3.8) is 0 Å². The van der Waals surface area contributed by atoms with Crippen LogP contribution in [0.3, 0.4) is 0 Å². The third-order valence-electron chi connectivity index (χ3n) is 3.59. The van der Waals surface area contributed by atoms with Gasteiger partial charge in [-0.2, -0.15) is 0 Å². The Kier molecular flexibility index (Phi) is 3.59. The summed E-state index contributed by atoms with van der Waals surface area (Å²) in [6.45, 7) is 0. The first-order valence-corrected chi connectivity index (χ1v) is 6.06. The highest BCUT2D eigenvalue weighted by molar-refractivity contribution is 6.12. The number of nitrogens with one attached hydrogen (secondary N) is 1. The molecule has 0 bridgehead atoms. The maximum absolute atomic E-state index is 12.3. The Morgan fingerprint density at radius 1 is 1.42 bits per heavy atom. The van der Waals surface area contributed by atoms with Gasteiger partial charge in [0.1, 0.15) is 11.2 Å². The fraction of sp³-hybridized carbons (Fsp3) is 0.385. The fourth-order valence-corrected chi connectivity index (χ4v) is 2.15. The van der Waals surface area contributed by atoms with E-state index in [1.807, 2.05) is 0 Å². The number of amidine groups is 1. The van der Waals surface area contributed by atoms with E-state index in [4.69, 9.17) is 15.7 Å². The number of benzene rings is 1. The SMILES string of the molecule is COc1ccc(NC(=O)C2(/C(N)=N/O)CCC2)cc1. The first kappa shape index (κ1) is 13.2. The zero-order chi connectivity index (χ0) is 13.9. The number of carbonyl (C=O) groups is 1. The largest absolute Gasteiger partial charge is 0.497 e. The van der Waals surface area contributed by atoms with Crippen molar-refractivity contribution in [2.45, 2.75) is 19.3 Å². The van der Waals surface area contributed by atoms with E-state index >= 15 is 0 Å². The molecule has 4 N–H and O–H groups in total. The van der Waals surface area contributed by atoms with Crippen LogP contribution in [0.2, 0.25) is 0 Å². The lowest BCUT2D eigenvalue weighted by Crippen LogP contribution is -2.51. The maximum Gasteiger partial charge on any atom is 0.238 e. The van der Waals surface area contributed by atoms with Gasteiger partial charge >= 0.3 is 0 Å². The molecule has 6 nitrogen and oxygen atoms in total. The molecular weight excluding hydrogens is 246 g/mol. The van der Waals surface area contributed by atoms with E-state index in [0.29, 0.717) is 24.3 Å². The van der Waals surface area contributed by atoms with Crippen LogP contribution in [0.5, 0.6) is 5.75 Å². The Morgan fingerprint density at radius 3 is 2.47 bits per heavy atom. The molecule has 2 rings (SSSR count). The number of oxime groups is 1. The number of hydrogen-bond acceptors (Lipinski definition) is 4. The number of rotatable bonds is 4. The van der Waals surface area contributed by atoms with Gasteiger partial charge in [0, 0.05) is 5.69 Å². The minimum atomic E-state index is -0.866. The highest BCUT2D eigenvalue weighted by atomic mass is 16.5. The molecule has 0 spiro atoms. The van der Waals surface area contributed by atoms with Crippen LogP contribution in [0, 0.1) is 5.41 Å². The van der Waals surface area contributed by atoms with E-state index in [2.05, 4.69) is 10.5 Å². The molecule has 0 aliphatic heterocycles. The number of anilines is 1. The Morgan fingerprint density at radius 2 is 2.05 bits per heavy atom. The van der Waals surface area contributed by atoms with Crippen molar-refractivity contribution in [3.8, 4) is 5.75 Å². The molecule has 1 aliphatic rings. The number of hydrogen-bond donors (Lipinski definition) is 3. The van der Waals surface area contributed by atoms with Crippen molar-refractivity contribution in [2.24, 2.45) is 16.3 Å². The van der Waals surface area contributed by atoms with E-state index in [1.54, 1.807) is 31.4 Å². The monoisotopic (exact) mass is 263 g/mol. The van der Waals surface area contributed by atoms with Gasteiger partial charge in [-0.1, -0.05) is 11.6 Å². The predicted octanol–water partition coefficient (Wildman–Crippen LogP) is 1.55. The summed E-state index contributed by atoms with van der Waals surface area (Å²) >= 11 is 0. The third kappa shape index (κ3) is 2.33. The first-order valence-electron chi connectivity index (χ1n) is 6.06. The summed E-state index contributed by atoms with van der Waals surface area (Å²) in [6, 6.07) is 7.00. The minimum absolute atomic E-state index is 0.0234. The molecule has 0 heterocycles. The fourth-order valence-electron chi connectivity index (χ4n) is 2.15. The van der Waals surface area contributed by atoms with Crippen LogP contribution in [0.15, 0.2) is 29.4 Å². The number of carbonyl (C=O) groups excluding carboxylic acids is 1. The lowest BCUT2D eigenvalue weighted by Gasteiger charge is -2.38.